The van der Waals surface area contributed by atoms with E-state index in [1.165, 1.54) is 0 Å². The molecule has 5 heteroatoms. The molecule has 0 unspecified atom stereocenters. The third kappa shape index (κ3) is 2.55. The van der Waals surface area contributed by atoms with Crippen LogP contribution in [0.25, 0.3) is 20.3 Å². The molecule has 2 N–H and O–H groups in total. The number of nitrogens with two attached hydrogens (primary N) is 1. The van der Waals surface area contributed by atoms with E-state index >= 15 is 0 Å². The summed E-state index contributed by atoms with van der Waals surface area (Å²) in [7, 11) is 0. The number of thiophene rings is 1. The number of rotatable bonds is 4. The topological polar surface area (TPSA) is 48.1 Å². The SMILES string of the molecule is CCOc1nc(-c2cccs2)sc1-c1ccc(N)cc1. The molecule has 0 bridgehead atoms. The number of nitrogens with zero attached hydrogens (tertiary/aromatic N) is 1. The maximum absolute atomic E-state index is 5.74. The second kappa shape index (κ2) is 5.64. The van der Waals surface area contributed by atoms with E-state index in [1.54, 1.807) is 22.7 Å². The molecular formula is C15H14N2OS2. The molecule has 0 radical (unpaired) electrons. The van der Waals surface area contributed by atoms with Crippen LogP contribution in [0.2, 0.25) is 0 Å². The highest BCUT2D eigenvalue weighted by atomic mass is 32.1. The summed E-state index contributed by atoms with van der Waals surface area (Å²) in [6.45, 7) is 2.58. The molecule has 0 amide bonds. The zero-order chi connectivity index (χ0) is 13.9. The van der Waals surface area contributed by atoms with Crippen molar-refractivity contribution >= 4 is 28.4 Å². The molecular weight excluding hydrogens is 288 g/mol. The van der Waals surface area contributed by atoms with Crippen molar-refractivity contribution in [1.82, 2.24) is 4.98 Å². The summed E-state index contributed by atoms with van der Waals surface area (Å²) in [6, 6.07) is 11.9. The average Bonchev–Trinajstić information content (AvgIpc) is 3.09. The maximum Gasteiger partial charge on any atom is 0.233 e. The first-order valence-electron chi connectivity index (χ1n) is 6.31. The Bertz CT molecular complexity index is 687. The number of anilines is 1. The van der Waals surface area contributed by atoms with Crippen LogP contribution in [0, 0.1) is 0 Å². The van der Waals surface area contributed by atoms with Gasteiger partial charge in [-0.05, 0) is 36.1 Å². The van der Waals surface area contributed by atoms with Gasteiger partial charge in [0.1, 0.15) is 5.01 Å². The normalized spacial score (nSPS) is 10.7. The Kier molecular flexibility index (Phi) is 3.71. The molecule has 1 aromatic carbocycles. The van der Waals surface area contributed by atoms with Gasteiger partial charge in [0.05, 0.1) is 16.4 Å². The minimum absolute atomic E-state index is 0.607. The number of nitrogen functional groups attached to an aromatic ring is 1. The minimum Gasteiger partial charge on any atom is -0.477 e. The van der Waals surface area contributed by atoms with Gasteiger partial charge < -0.3 is 10.5 Å². The highest BCUT2D eigenvalue weighted by Crippen LogP contribution is 2.41. The van der Waals surface area contributed by atoms with Crippen molar-refractivity contribution in [2.75, 3.05) is 12.3 Å². The summed E-state index contributed by atoms with van der Waals surface area (Å²) in [5.74, 6) is 0.700. The lowest BCUT2D eigenvalue weighted by Crippen LogP contribution is -1.93. The second-order valence-corrected chi connectivity index (χ2v) is 6.13. The van der Waals surface area contributed by atoms with Gasteiger partial charge in [0, 0.05) is 5.69 Å². The Morgan fingerprint density at radius 2 is 2.00 bits per heavy atom. The van der Waals surface area contributed by atoms with E-state index in [0.717, 1.165) is 26.0 Å². The Morgan fingerprint density at radius 1 is 1.20 bits per heavy atom. The van der Waals surface area contributed by atoms with Crippen molar-refractivity contribution in [2.24, 2.45) is 0 Å². The van der Waals surface area contributed by atoms with Crippen LogP contribution in [-0.2, 0) is 0 Å². The minimum atomic E-state index is 0.607. The van der Waals surface area contributed by atoms with E-state index in [0.29, 0.717) is 12.5 Å². The van der Waals surface area contributed by atoms with Crippen molar-refractivity contribution in [1.29, 1.82) is 0 Å². The van der Waals surface area contributed by atoms with Gasteiger partial charge in [-0.25, -0.2) is 4.98 Å². The summed E-state index contributed by atoms with van der Waals surface area (Å²) >= 11 is 3.34. The van der Waals surface area contributed by atoms with Crippen LogP contribution >= 0.6 is 22.7 Å². The molecule has 0 aliphatic heterocycles. The fourth-order valence-corrected chi connectivity index (χ4v) is 3.68. The Balaban J connectivity index is 2.06. The van der Waals surface area contributed by atoms with Crippen molar-refractivity contribution in [3.63, 3.8) is 0 Å². The highest BCUT2D eigenvalue weighted by molar-refractivity contribution is 7.23. The van der Waals surface area contributed by atoms with Gasteiger partial charge in [-0.3, -0.25) is 0 Å². The van der Waals surface area contributed by atoms with Crippen LogP contribution in [0.4, 0.5) is 5.69 Å². The fourth-order valence-electron chi connectivity index (χ4n) is 1.86. The molecule has 0 spiro atoms. The summed E-state index contributed by atoms with van der Waals surface area (Å²) in [5.41, 5.74) is 7.59. The average molecular weight is 302 g/mol. The third-order valence-electron chi connectivity index (χ3n) is 2.78. The van der Waals surface area contributed by atoms with Gasteiger partial charge in [0.25, 0.3) is 0 Å². The molecule has 0 fully saturated rings. The molecule has 20 heavy (non-hydrogen) atoms. The molecule has 0 saturated heterocycles. The molecule has 3 nitrogen and oxygen atoms in total. The first-order chi connectivity index (χ1) is 9.78. The lowest BCUT2D eigenvalue weighted by atomic mass is 10.2. The lowest BCUT2D eigenvalue weighted by Gasteiger charge is -2.03. The Morgan fingerprint density at radius 3 is 2.65 bits per heavy atom. The summed E-state index contributed by atoms with van der Waals surface area (Å²) < 4.78 is 5.67. The number of hydrogen-bond donors (Lipinski definition) is 1. The molecule has 0 aliphatic carbocycles. The van der Waals surface area contributed by atoms with Crippen molar-refractivity contribution in [2.45, 2.75) is 6.92 Å². The summed E-state index contributed by atoms with van der Waals surface area (Å²) in [5, 5.41) is 3.05. The number of ether oxygens (including phenoxy) is 1. The largest absolute Gasteiger partial charge is 0.477 e. The molecule has 3 rings (SSSR count). The van der Waals surface area contributed by atoms with Crippen LogP contribution in [-0.4, -0.2) is 11.6 Å². The van der Waals surface area contributed by atoms with Crippen LogP contribution in [0.1, 0.15) is 6.92 Å². The van der Waals surface area contributed by atoms with E-state index < -0.39 is 0 Å². The Hall–Kier alpha value is -1.85. The van der Waals surface area contributed by atoms with Crippen LogP contribution < -0.4 is 10.5 Å². The Labute approximate surface area is 125 Å². The highest BCUT2D eigenvalue weighted by Gasteiger charge is 2.15. The molecule has 0 atom stereocenters. The smallest absolute Gasteiger partial charge is 0.233 e. The van der Waals surface area contributed by atoms with Gasteiger partial charge in [-0.1, -0.05) is 18.2 Å². The molecule has 2 heterocycles. The third-order valence-corrected chi connectivity index (χ3v) is 4.91. The molecule has 0 saturated carbocycles. The van der Waals surface area contributed by atoms with Gasteiger partial charge in [-0.2, -0.15) is 0 Å². The van der Waals surface area contributed by atoms with Gasteiger partial charge in [0.15, 0.2) is 0 Å². The number of aromatic nitrogens is 1. The number of benzene rings is 1. The zero-order valence-corrected chi connectivity index (χ0v) is 12.6. The number of thiazole rings is 1. The number of hydrogen-bond acceptors (Lipinski definition) is 5. The molecule has 102 valence electrons. The summed E-state index contributed by atoms with van der Waals surface area (Å²) in [4.78, 5) is 6.83. The summed E-state index contributed by atoms with van der Waals surface area (Å²) in [6.07, 6.45) is 0. The van der Waals surface area contributed by atoms with E-state index in [2.05, 4.69) is 16.4 Å². The molecule has 2 aromatic heterocycles. The van der Waals surface area contributed by atoms with Crippen LogP contribution in [0.15, 0.2) is 41.8 Å². The standard InChI is InChI=1S/C15H14N2OS2/c1-2-18-14-13(10-5-7-11(16)8-6-10)20-15(17-14)12-4-3-9-19-12/h3-9H,2,16H2,1H3. The van der Waals surface area contributed by atoms with Crippen LogP contribution in [0.3, 0.4) is 0 Å². The van der Waals surface area contributed by atoms with Gasteiger partial charge in [0.2, 0.25) is 5.88 Å². The lowest BCUT2D eigenvalue weighted by molar-refractivity contribution is 0.330. The van der Waals surface area contributed by atoms with Crippen molar-refractivity contribution in [3.8, 4) is 26.2 Å². The van der Waals surface area contributed by atoms with Crippen molar-refractivity contribution < 1.29 is 4.74 Å². The maximum atomic E-state index is 5.74. The monoisotopic (exact) mass is 302 g/mol. The van der Waals surface area contributed by atoms with E-state index in [9.17, 15) is 0 Å². The van der Waals surface area contributed by atoms with E-state index in [-0.39, 0.29) is 0 Å². The predicted octanol–water partition coefficient (Wildman–Crippen LogP) is 4.52. The van der Waals surface area contributed by atoms with Gasteiger partial charge >= 0.3 is 0 Å². The zero-order valence-electron chi connectivity index (χ0n) is 11.0. The van der Waals surface area contributed by atoms with Gasteiger partial charge in [-0.15, -0.1) is 22.7 Å². The van der Waals surface area contributed by atoms with Crippen LogP contribution in [0.5, 0.6) is 5.88 Å². The first-order valence-corrected chi connectivity index (χ1v) is 8.01. The fraction of sp³-hybridized carbons (Fsp3) is 0.133. The molecule has 0 aliphatic rings. The predicted molar refractivity (Wildman–Crippen MR) is 86.4 cm³/mol. The first kappa shape index (κ1) is 13.1. The van der Waals surface area contributed by atoms with E-state index in [4.69, 9.17) is 10.5 Å². The van der Waals surface area contributed by atoms with E-state index in [1.807, 2.05) is 37.3 Å². The molecule has 3 aromatic rings. The second-order valence-electron chi connectivity index (χ2n) is 4.19. The van der Waals surface area contributed by atoms with Crippen molar-refractivity contribution in [3.05, 3.63) is 41.8 Å². The quantitative estimate of drug-likeness (QED) is 0.721.